The van der Waals surface area contributed by atoms with Crippen LogP contribution in [0.15, 0.2) is 18.6 Å². The number of rotatable bonds is 7. The van der Waals surface area contributed by atoms with Crippen molar-refractivity contribution in [2.24, 2.45) is 0 Å². The third-order valence-electron chi connectivity index (χ3n) is 2.31. The van der Waals surface area contributed by atoms with Gasteiger partial charge in [0.15, 0.2) is 0 Å². The molecule has 2 unspecified atom stereocenters. The predicted molar refractivity (Wildman–Crippen MR) is 60.9 cm³/mol. The number of aliphatic hydroxyl groups is 1. The number of ether oxygens (including phenoxy) is 1. The van der Waals surface area contributed by atoms with Gasteiger partial charge in [-0.05, 0) is 19.9 Å². The molecule has 0 aliphatic carbocycles. The van der Waals surface area contributed by atoms with E-state index in [1.165, 1.54) is 0 Å². The molecule has 0 radical (unpaired) electrons. The van der Waals surface area contributed by atoms with E-state index in [1.807, 2.05) is 6.92 Å². The number of hydrogen-bond acceptors (Lipinski definition) is 5. The first-order valence-corrected chi connectivity index (χ1v) is 5.40. The molecule has 16 heavy (non-hydrogen) atoms. The van der Waals surface area contributed by atoms with Crippen molar-refractivity contribution in [2.45, 2.75) is 25.5 Å². The van der Waals surface area contributed by atoms with Gasteiger partial charge in [0.05, 0.1) is 18.4 Å². The Morgan fingerprint density at radius 3 is 2.94 bits per heavy atom. The van der Waals surface area contributed by atoms with E-state index in [-0.39, 0.29) is 6.04 Å². The van der Waals surface area contributed by atoms with Gasteiger partial charge in [0.2, 0.25) is 0 Å². The first kappa shape index (κ1) is 13.0. The second-order valence-electron chi connectivity index (χ2n) is 3.70. The molecule has 1 aromatic heterocycles. The van der Waals surface area contributed by atoms with Crippen molar-refractivity contribution in [1.82, 2.24) is 15.3 Å². The number of aliphatic hydroxyl groups excluding tert-OH is 1. The van der Waals surface area contributed by atoms with E-state index in [1.54, 1.807) is 25.7 Å². The van der Waals surface area contributed by atoms with Gasteiger partial charge in [-0.15, -0.1) is 0 Å². The number of aromatic nitrogens is 2. The quantitative estimate of drug-likeness (QED) is 0.708. The molecule has 0 fully saturated rings. The molecule has 0 bridgehead atoms. The molecule has 0 spiro atoms. The molecule has 0 saturated heterocycles. The number of methoxy groups -OCH3 is 1. The molecule has 5 heteroatoms. The zero-order valence-electron chi connectivity index (χ0n) is 9.76. The molecule has 0 amide bonds. The standard InChI is InChI=1S/C11H19N3O2/c1-9(11-7-12-5-6-14-11)13-4-3-10(15)8-16-2/h5-7,9-10,13,15H,3-4,8H2,1-2H3. The average molecular weight is 225 g/mol. The second-order valence-corrected chi connectivity index (χ2v) is 3.70. The van der Waals surface area contributed by atoms with Gasteiger partial charge in [-0.2, -0.15) is 0 Å². The summed E-state index contributed by atoms with van der Waals surface area (Å²) in [5.74, 6) is 0. The zero-order valence-corrected chi connectivity index (χ0v) is 9.76. The molecule has 2 atom stereocenters. The number of nitrogens with one attached hydrogen (secondary N) is 1. The molecule has 0 aliphatic heterocycles. The molecule has 1 aromatic rings. The summed E-state index contributed by atoms with van der Waals surface area (Å²) in [6, 6.07) is 0.142. The Labute approximate surface area is 95.9 Å². The van der Waals surface area contributed by atoms with E-state index >= 15 is 0 Å². The van der Waals surface area contributed by atoms with Crippen LogP contribution >= 0.6 is 0 Å². The van der Waals surface area contributed by atoms with E-state index < -0.39 is 6.10 Å². The van der Waals surface area contributed by atoms with Crippen LogP contribution in [0, 0.1) is 0 Å². The topological polar surface area (TPSA) is 67.3 Å². The minimum Gasteiger partial charge on any atom is -0.391 e. The lowest BCUT2D eigenvalue weighted by atomic mass is 10.2. The lowest BCUT2D eigenvalue weighted by Gasteiger charge is -2.14. The van der Waals surface area contributed by atoms with Gasteiger partial charge in [0.25, 0.3) is 0 Å². The average Bonchev–Trinajstić information content (AvgIpc) is 2.30. The van der Waals surface area contributed by atoms with Crippen molar-refractivity contribution in [1.29, 1.82) is 0 Å². The maximum atomic E-state index is 9.44. The minimum atomic E-state index is -0.411. The summed E-state index contributed by atoms with van der Waals surface area (Å²) in [6.45, 7) is 3.12. The van der Waals surface area contributed by atoms with Crippen LogP contribution in [0.2, 0.25) is 0 Å². The van der Waals surface area contributed by atoms with Crippen LogP contribution in [0.1, 0.15) is 25.1 Å². The maximum Gasteiger partial charge on any atom is 0.0785 e. The fourth-order valence-electron chi connectivity index (χ4n) is 1.38. The van der Waals surface area contributed by atoms with Crippen molar-refractivity contribution in [2.75, 3.05) is 20.3 Å². The van der Waals surface area contributed by atoms with Crippen molar-refractivity contribution >= 4 is 0 Å². The van der Waals surface area contributed by atoms with Gasteiger partial charge in [0, 0.05) is 31.7 Å². The summed E-state index contributed by atoms with van der Waals surface area (Å²) in [6.07, 6.45) is 5.32. The van der Waals surface area contributed by atoms with Crippen molar-refractivity contribution in [3.63, 3.8) is 0 Å². The van der Waals surface area contributed by atoms with Gasteiger partial charge in [-0.25, -0.2) is 0 Å². The highest BCUT2D eigenvalue weighted by Gasteiger charge is 2.07. The summed E-state index contributed by atoms with van der Waals surface area (Å²) >= 11 is 0. The maximum absolute atomic E-state index is 9.44. The Hall–Kier alpha value is -1.04. The second kappa shape index (κ2) is 7.27. The minimum absolute atomic E-state index is 0.142. The smallest absolute Gasteiger partial charge is 0.0785 e. The summed E-state index contributed by atoms with van der Waals surface area (Å²) < 4.78 is 4.85. The highest BCUT2D eigenvalue weighted by Crippen LogP contribution is 2.06. The Kier molecular flexibility index (Phi) is 5.92. The lowest BCUT2D eigenvalue weighted by Crippen LogP contribution is -2.26. The number of hydrogen-bond donors (Lipinski definition) is 2. The molecule has 1 heterocycles. The van der Waals surface area contributed by atoms with Crippen molar-refractivity contribution in [3.8, 4) is 0 Å². The first-order valence-electron chi connectivity index (χ1n) is 5.40. The van der Waals surface area contributed by atoms with Crippen LogP contribution < -0.4 is 5.32 Å². The van der Waals surface area contributed by atoms with Gasteiger partial charge in [-0.3, -0.25) is 9.97 Å². The molecule has 0 aliphatic rings. The third-order valence-corrected chi connectivity index (χ3v) is 2.31. The molecular formula is C11H19N3O2. The van der Waals surface area contributed by atoms with E-state index in [0.717, 1.165) is 12.2 Å². The summed E-state index contributed by atoms with van der Waals surface area (Å²) in [4.78, 5) is 8.21. The zero-order chi connectivity index (χ0) is 11.8. The number of nitrogens with zero attached hydrogens (tertiary/aromatic N) is 2. The molecule has 90 valence electrons. The van der Waals surface area contributed by atoms with Crippen LogP contribution in [0.3, 0.4) is 0 Å². The van der Waals surface area contributed by atoms with Crippen LogP contribution in [0.4, 0.5) is 0 Å². The SMILES string of the molecule is COCC(O)CCNC(C)c1cnccn1. The Balaban J connectivity index is 2.23. The fourth-order valence-corrected chi connectivity index (χ4v) is 1.38. The Morgan fingerprint density at radius 2 is 2.31 bits per heavy atom. The Bertz CT molecular complexity index is 282. The first-order chi connectivity index (χ1) is 7.74. The van der Waals surface area contributed by atoms with Crippen LogP contribution in [-0.4, -0.2) is 41.4 Å². The van der Waals surface area contributed by atoms with Crippen LogP contribution in [-0.2, 0) is 4.74 Å². The van der Waals surface area contributed by atoms with Crippen molar-refractivity contribution in [3.05, 3.63) is 24.3 Å². The van der Waals surface area contributed by atoms with Gasteiger partial charge in [-0.1, -0.05) is 0 Å². The van der Waals surface area contributed by atoms with E-state index in [9.17, 15) is 5.11 Å². The summed E-state index contributed by atoms with van der Waals surface area (Å²) in [5.41, 5.74) is 0.906. The van der Waals surface area contributed by atoms with Gasteiger partial charge < -0.3 is 15.2 Å². The molecular weight excluding hydrogens is 206 g/mol. The van der Waals surface area contributed by atoms with Gasteiger partial charge in [0.1, 0.15) is 0 Å². The Morgan fingerprint density at radius 1 is 1.50 bits per heavy atom. The molecule has 2 N–H and O–H groups in total. The van der Waals surface area contributed by atoms with Crippen LogP contribution in [0.5, 0.6) is 0 Å². The molecule has 5 nitrogen and oxygen atoms in total. The van der Waals surface area contributed by atoms with Crippen LogP contribution in [0.25, 0.3) is 0 Å². The van der Waals surface area contributed by atoms with Gasteiger partial charge >= 0.3 is 0 Å². The van der Waals surface area contributed by atoms with E-state index in [4.69, 9.17) is 4.74 Å². The van der Waals surface area contributed by atoms with E-state index in [2.05, 4.69) is 15.3 Å². The summed E-state index contributed by atoms with van der Waals surface area (Å²) in [7, 11) is 1.58. The molecule has 1 rings (SSSR count). The largest absolute Gasteiger partial charge is 0.391 e. The van der Waals surface area contributed by atoms with Crippen molar-refractivity contribution < 1.29 is 9.84 Å². The normalized spacial score (nSPS) is 14.7. The predicted octanol–water partition coefficient (Wildman–Crippen LogP) is 0.525. The molecule has 0 saturated carbocycles. The lowest BCUT2D eigenvalue weighted by molar-refractivity contribution is 0.0590. The summed E-state index contributed by atoms with van der Waals surface area (Å²) in [5, 5.41) is 12.7. The fraction of sp³-hybridized carbons (Fsp3) is 0.636. The van der Waals surface area contributed by atoms with E-state index in [0.29, 0.717) is 13.0 Å². The monoisotopic (exact) mass is 225 g/mol. The third kappa shape index (κ3) is 4.65. The molecule has 0 aromatic carbocycles. The highest BCUT2D eigenvalue weighted by molar-refractivity contribution is 5.00. The highest BCUT2D eigenvalue weighted by atomic mass is 16.5.